The van der Waals surface area contributed by atoms with Crippen molar-refractivity contribution in [3.05, 3.63) is 11.6 Å². The van der Waals surface area contributed by atoms with Gasteiger partial charge in [0.15, 0.2) is 0 Å². The van der Waals surface area contributed by atoms with Crippen LogP contribution in [0.25, 0.3) is 0 Å². The normalized spacial score (nSPS) is 15.8. The average Bonchev–Trinajstić information content (AvgIpc) is 2.30. The van der Waals surface area contributed by atoms with Gasteiger partial charge in [0.2, 0.25) is 5.91 Å². The van der Waals surface area contributed by atoms with E-state index < -0.39 is 0 Å². The largest absolute Gasteiger partial charge is 0.355 e. The summed E-state index contributed by atoms with van der Waals surface area (Å²) in [5, 5.41) is 6.11. The predicted molar refractivity (Wildman–Crippen MR) is 71.9 cm³/mol. The van der Waals surface area contributed by atoms with Gasteiger partial charge in [-0.15, -0.1) is 0 Å². The molecule has 1 rings (SSSR count). The number of rotatable bonds is 7. The maximum Gasteiger partial charge on any atom is 0.233 e. The maximum atomic E-state index is 11.5. The van der Waals surface area contributed by atoms with Crippen LogP contribution in [0.15, 0.2) is 11.6 Å². The van der Waals surface area contributed by atoms with Crippen molar-refractivity contribution in [1.29, 1.82) is 0 Å². The zero-order valence-electron chi connectivity index (χ0n) is 11.2. The Morgan fingerprint density at radius 2 is 2.24 bits per heavy atom. The van der Waals surface area contributed by atoms with Gasteiger partial charge in [-0.05, 0) is 44.6 Å². The summed E-state index contributed by atoms with van der Waals surface area (Å²) in [7, 11) is 0. The summed E-state index contributed by atoms with van der Waals surface area (Å²) in [5.41, 5.74) is 1.52. The lowest BCUT2D eigenvalue weighted by Gasteiger charge is -2.13. The highest BCUT2D eigenvalue weighted by atomic mass is 16.1. The third kappa shape index (κ3) is 7.16. The van der Waals surface area contributed by atoms with Gasteiger partial charge in [-0.3, -0.25) is 4.79 Å². The van der Waals surface area contributed by atoms with Gasteiger partial charge in [-0.2, -0.15) is 0 Å². The molecular formula is C14H26N2O. The molecule has 0 aromatic carbocycles. The third-order valence-electron chi connectivity index (χ3n) is 2.99. The predicted octanol–water partition coefficient (Wildman–Crippen LogP) is 2.24. The third-order valence-corrected chi connectivity index (χ3v) is 2.99. The minimum Gasteiger partial charge on any atom is -0.355 e. The van der Waals surface area contributed by atoms with Crippen molar-refractivity contribution < 1.29 is 4.79 Å². The van der Waals surface area contributed by atoms with Gasteiger partial charge in [0, 0.05) is 6.54 Å². The quantitative estimate of drug-likeness (QED) is 0.668. The topological polar surface area (TPSA) is 41.1 Å². The van der Waals surface area contributed by atoms with Gasteiger partial charge in [0.25, 0.3) is 0 Å². The van der Waals surface area contributed by atoms with Crippen LogP contribution in [0, 0.1) is 5.92 Å². The standard InChI is InChI=1S/C14H26N2O/c1-12(2)10-15-11-14(17)16-9-8-13-6-4-3-5-7-13/h6,12,15H,3-5,7-11H2,1-2H3,(H,16,17). The monoisotopic (exact) mass is 238 g/mol. The Bertz CT molecular complexity index is 259. The zero-order valence-corrected chi connectivity index (χ0v) is 11.2. The summed E-state index contributed by atoms with van der Waals surface area (Å²) >= 11 is 0. The Kier molecular flexibility index (Phi) is 6.94. The van der Waals surface area contributed by atoms with Crippen LogP contribution >= 0.6 is 0 Å². The van der Waals surface area contributed by atoms with E-state index in [-0.39, 0.29) is 5.91 Å². The summed E-state index contributed by atoms with van der Waals surface area (Å²) in [5.74, 6) is 0.706. The van der Waals surface area contributed by atoms with Crippen LogP contribution in [-0.4, -0.2) is 25.5 Å². The lowest BCUT2D eigenvalue weighted by molar-refractivity contribution is -0.120. The van der Waals surface area contributed by atoms with Crippen molar-refractivity contribution in [2.24, 2.45) is 5.92 Å². The van der Waals surface area contributed by atoms with E-state index in [4.69, 9.17) is 0 Å². The maximum absolute atomic E-state index is 11.5. The van der Waals surface area contributed by atoms with Crippen LogP contribution in [0.2, 0.25) is 0 Å². The molecule has 2 N–H and O–H groups in total. The highest BCUT2D eigenvalue weighted by molar-refractivity contribution is 5.77. The van der Waals surface area contributed by atoms with Gasteiger partial charge in [-0.1, -0.05) is 25.5 Å². The molecule has 3 heteroatoms. The molecule has 0 atom stereocenters. The molecule has 0 fully saturated rings. The molecule has 98 valence electrons. The molecule has 0 saturated carbocycles. The lowest BCUT2D eigenvalue weighted by atomic mass is 9.97. The van der Waals surface area contributed by atoms with Crippen LogP contribution in [-0.2, 0) is 4.79 Å². The smallest absolute Gasteiger partial charge is 0.233 e. The molecule has 0 bridgehead atoms. The number of nitrogens with one attached hydrogen (secondary N) is 2. The number of carbonyl (C=O) groups excluding carboxylic acids is 1. The van der Waals surface area contributed by atoms with Crippen molar-refractivity contribution in [2.75, 3.05) is 19.6 Å². The molecule has 1 aliphatic rings. The molecule has 0 aliphatic heterocycles. The first kappa shape index (κ1) is 14.2. The zero-order chi connectivity index (χ0) is 12.5. The number of allylic oxidation sites excluding steroid dienone is 1. The van der Waals surface area contributed by atoms with Gasteiger partial charge in [0.1, 0.15) is 0 Å². The first-order valence-electron chi connectivity index (χ1n) is 6.84. The highest BCUT2D eigenvalue weighted by Crippen LogP contribution is 2.19. The molecule has 0 heterocycles. The first-order valence-corrected chi connectivity index (χ1v) is 6.84. The first-order chi connectivity index (χ1) is 8.18. The molecule has 0 spiro atoms. The number of amides is 1. The van der Waals surface area contributed by atoms with E-state index in [1.807, 2.05) is 0 Å². The Hall–Kier alpha value is -0.830. The van der Waals surface area contributed by atoms with Gasteiger partial charge in [0.05, 0.1) is 6.54 Å². The van der Waals surface area contributed by atoms with Crippen LogP contribution in [0.1, 0.15) is 46.0 Å². The Labute approximate surface area is 105 Å². The second-order valence-corrected chi connectivity index (χ2v) is 5.23. The minimum absolute atomic E-state index is 0.113. The van der Waals surface area contributed by atoms with Crippen LogP contribution in [0.3, 0.4) is 0 Å². The second-order valence-electron chi connectivity index (χ2n) is 5.23. The van der Waals surface area contributed by atoms with E-state index >= 15 is 0 Å². The van der Waals surface area contributed by atoms with Crippen molar-refractivity contribution in [3.8, 4) is 0 Å². The molecule has 17 heavy (non-hydrogen) atoms. The Morgan fingerprint density at radius 1 is 1.41 bits per heavy atom. The summed E-state index contributed by atoms with van der Waals surface area (Å²) in [6.45, 7) is 6.41. The fourth-order valence-corrected chi connectivity index (χ4v) is 2.03. The molecule has 0 unspecified atom stereocenters. The molecular weight excluding hydrogens is 212 g/mol. The van der Waals surface area contributed by atoms with E-state index in [1.54, 1.807) is 0 Å². The lowest BCUT2D eigenvalue weighted by Crippen LogP contribution is -2.35. The van der Waals surface area contributed by atoms with Crippen molar-refractivity contribution >= 4 is 5.91 Å². The molecule has 1 amide bonds. The summed E-state index contributed by atoms with van der Waals surface area (Å²) < 4.78 is 0. The van der Waals surface area contributed by atoms with E-state index in [9.17, 15) is 4.79 Å². The fraction of sp³-hybridized carbons (Fsp3) is 0.786. The molecule has 3 nitrogen and oxygen atoms in total. The van der Waals surface area contributed by atoms with Crippen molar-refractivity contribution in [3.63, 3.8) is 0 Å². The van der Waals surface area contributed by atoms with E-state index in [0.29, 0.717) is 12.5 Å². The summed E-state index contributed by atoms with van der Waals surface area (Å²) in [6, 6.07) is 0. The van der Waals surface area contributed by atoms with Gasteiger partial charge >= 0.3 is 0 Å². The number of hydrogen-bond donors (Lipinski definition) is 2. The molecule has 0 aromatic rings. The van der Waals surface area contributed by atoms with E-state index in [1.165, 1.54) is 31.3 Å². The highest BCUT2D eigenvalue weighted by Gasteiger charge is 2.05. The van der Waals surface area contributed by atoms with Gasteiger partial charge < -0.3 is 10.6 Å². The Balaban J connectivity index is 2.01. The molecule has 0 saturated heterocycles. The Morgan fingerprint density at radius 3 is 2.88 bits per heavy atom. The molecule has 0 radical (unpaired) electrons. The molecule has 1 aliphatic carbocycles. The fourth-order valence-electron chi connectivity index (χ4n) is 2.03. The number of carbonyl (C=O) groups is 1. The van der Waals surface area contributed by atoms with E-state index in [2.05, 4.69) is 30.6 Å². The SMILES string of the molecule is CC(C)CNCC(=O)NCCC1=CCCCC1. The minimum atomic E-state index is 0.113. The van der Waals surface area contributed by atoms with E-state index in [0.717, 1.165) is 19.5 Å². The van der Waals surface area contributed by atoms with Crippen molar-refractivity contribution in [1.82, 2.24) is 10.6 Å². The number of hydrogen-bond acceptors (Lipinski definition) is 2. The second kappa shape index (κ2) is 8.29. The van der Waals surface area contributed by atoms with Crippen LogP contribution < -0.4 is 10.6 Å². The van der Waals surface area contributed by atoms with Crippen LogP contribution in [0.4, 0.5) is 0 Å². The summed E-state index contributed by atoms with van der Waals surface area (Å²) in [6.07, 6.45) is 8.45. The molecule has 0 aromatic heterocycles. The van der Waals surface area contributed by atoms with Crippen molar-refractivity contribution in [2.45, 2.75) is 46.0 Å². The average molecular weight is 238 g/mol. The van der Waals surface area contributed by atoms with Crippen LogP contribution in [0.5, 0.6) is 0 Å². The summed E-state index contributed by atoms with van der Waals surface area (Å²) in [4.78, 5) is 11.5. The van der Waals surface area contributed by atoms with Gasteiger partial charge in [-0.25, -0.2) is 0 Å².